The maximum Gasteiger partial charge on any atom is 0.314 e. The van der Waals surface area contributed by atoms with Crippen molar-refractivity contribution in [2.75, 3.05) is 0 Å². The fraction of sp³-hybridized carbons (Fsp3) is 0.462. The molecule has 3 nitrogen and oxygen atoms in total. The Bertz CT molecular complexity index is 506. The Morgan fingerprint density at radius 2 is 2.24 bits per heavy atom. The van der Waals surface area contributed by atoms with Crippen molar-refractivity contribution in [2.45, 2.75) is 37.7 Å². The van der Waals surface area contributed by atoms with E-state index in [9.17, 15) is 9.90 Å². The van der Waals surface area contributed by atoms with Crippen LogP contribution in [-0.2, 0) is 16.6 Å². The summed E-state index contributed by atoms with van der Waals surface area (Å²) in [5, 5.41) is 9.95. The molecule has 1 aliphatic heterocycles. The van der Waals surface area contributed by atoms with E-state index < -0.39 is 11.4 Å². The lowest BCUT2D eigenvalue weighted by atomic mass is 9.93. The molecule has 1 aliphatic carbocycles. The molecule has 1 heterocycles. The van der Waals surface area contributed by atoms with Crippen LogP contribution >= 0.6 is 11.6 Å². The number of carboxylic acid groups (broad SMARTS) is 1. The van der Waals surface area contributed by atoms with E-state index in [1.165, 1.54) is 0 Å². The normalized spacial score (nSPS) is 24.0. The standard InChI is InChI=1S/C13H13ClO3/c1-7-4-8-5-9(14)6-10(11(8)17-7)13(2-3-13)12(15)16/h5-7H,2-4H2,1H3,(H,15,16). The summed E-state index contributed by atoms with van der Waals surface area (Å²) in [6, 6.07) is 3.63. The van der Waals surface area contributed by atoms with Crippen LogP contribution in [0.25, 0.3) is 0 Å². The summed E-state index contributed by atoms with van der Waals surface area (Å²) in [7, 11) is 0. The molecule has 0 amide bonds. The quantitative estimate of drug-likeness (QED) is 0.880. The second kappa shape index (κ2) is 3.39. The number of carbonyl (C=O) groups is 1. The smallest absolute Gasteiger partial charge is 0.314 e. The maximum absolute atomic E-state index is 11.4. The van der Waals surface area contributed by atoms with Gasteiger partial charge in [-0.05, 0) is 37.5 Å². The summed E-state index contributed by atoms with van der Waals surface area (Å²) in [5.41, 5.74) is 1.04. The zero-order valence-electron chi connectivity index (χ0n) is 9.50. The van der Waals surface area contributed by atoms with Crippen LogP contribution in [0.5, 0.6) is 5.75 Å². The summed E-state index contributed by atoms with van der Waals surface area (Å²) >= 11 is 6.07. The van der Waals surface area contributed by atoms with Crippen molar-refractivity contribution in [3.63, 3.8) is 0 Å². The molecule has 0 radical (unpaired) electrons. The van der Waals surface area contributed by atoms with Gasteiger partial charge in [-0.2, -0.15) is 0 Å². The number of carboxylic acids is 1. The van der Waals surface area contributed by atoms with Crippen LogP contribution in [0.1, 0.15) is 30.9 Å². The van der Waals surface area contributed by atoms with Crippen molar-refractivity contribution in [1.29, 1.82) is 0 Å². The minimum atomic E-state index is -0.773. The van der Waals surface area contributed by atoms with E-state index in [0.29, 0.717) is 17.9 Å². The Morgan fingerprint density at radius 1 is 1.53 bits per heavy atom. The average Bonchev–Trinajstić information content (AvgIpc) is 2.96. The zero-order valence-corrected chi connectivity index (χ0v) is 10.3. The number of halogens is 1. The first kappa shape index (κ1) is 10.9. The third-order valence-electron chi connectivity index (χ3n) is 3.63. The molecule has 0 saturated heterocycles. The molecule has 1 aromatic rings. The van der Waals surface area contributed by atoms with E-state index in [-0.39, 0.29) is 6.10 Å². The van der Waals surface area contributed by atoms with Crippen LogP contribution in [0.15, 0.2) is 12.1 Å². The van der Waals surface area contributed by atoms with Gasteiger partial charge in [0, 0.05) is 17.0 Å². The van der Waals surface area contributed by atoms with Gasteiger partial charge in [0.05, 0.1) is 5.41 Å². The van der Waals surface area contributed by atoms with Crippen LogP contribution in [0.2, 0.25) is 5.02 Å². The van der Waals surface area contributed by atoms with E-state index in [1.54, 1.807) is 6.07 Å². The molecule has 0 aromatic heterocycles. The molecule has 1 atom stereocenters. The molecule has 17 heavy (non-hydrogen) atoms. The van der Waals surface area contributed by atoms with Crippen molar-refractivity contribution in [1.82, 2.24) is 0 Å². The summed E-state index contributed by atoms with van der Waals surface area (Å²) in [6.45, 7) is 1.98. The Balaban J connectivity index is 2.15. The van der Waals surface area contributed by atoms with Gasteiger partial charge in [-0.15, -0.1) is 0 Å². The van der Waals surface area contributed by atoms with Crippen molar-refractivity contribution in [3.05, 3.63) is 28.3 Å². The maximum atomic E-state index is 11.4. The van der Waals surface area contributed by atoms with Crippen LogP contribution in [0.4, 0.5) is 0 Å². The molecular weight excluding hydrogens is 240 g/mol. The van der Waals surface area contributed by atoms with Crippen molar-refractivity contribution >= 4 is 17.6 Å². The first-order chi connectivity index (χ1) is 8.03. The number of ether oxygens (including phenoxy) is 1. The first-order valence-electron chi connectivity index (χ1n) is 5.76. The third kappa shape index (κ3) is 1.53. The fourth-order valence-electron chi connectivity index (χ4n) is 2.57. The molecule has 1 fully saturated rings. The van der Waals surface area contributed by atoms with E-state index in [0.717, 1.165) is 23.3 Å². The fourth-order valence-corrected chi connectivity index (χ4v) is 2.81. The zero-order chi connectivity index (χ0) is 12.2. The van der Waals surface area contributed by atoms with Crippen molar-refractivity contribution in [3.8, 4) is 5.75 Å². The molecule has 0 spiro atoms. The Morgan fingerprint density at radius 3 is 2.82 bits per heavy atom. The van der Waals surface area contributed by atoms with Gasteiger partial charge in [0.1, 0.15) is 11.9 Å². The van der Waals surface area contributed by atoms with Gasteiger partial charge in [-0.3, -0.25) is 4.79 Å². The van der Waals surface area contributed by atoms with Gasteiger partial charge in [-0.25, -0.2) is 0 Å². The summed E-state index contributed by atoms with van der Waals surface area (Å²) in [5.74, 6) is -0.0214. The van der Waals surface area contributed by atoms with Crippen molar-refractivity contribution < 1.29 is 14.6 Å². The lowest BCUT2D eigenvalue weighted by molar-refractivity contribution is -0.140. The molecule has 1 N–H and O–H groups in total. The van der Waals surface area contributed by atoms with Gasteiger partial charge < -0.3 is 9.84 Å². The molecule has 1 unspecified atom stereocenters. The summed E-state index contributed by atoms with van der Waals surface area (Å²) in [6.07, 6.45) is 2.25. The first-order valence-corrected chi connectivity index (χ1v) is 6.14. The van der Waals surface area contributed by atoms with Gasteiger partial charge >= 0.3 is 5.97 Å². The van der Waals surface area contributed by atoms with E-state index in [4.69, 9.17) is 16.3 Å². The molecule has 3 rings (SSSR count). The Hall–Kier alpha value is -1.22. The molecule has 0 bridgehead atoms. The summed E-state index contributed by atoms with van der Waals surface area (Å²) in [4.78, 5) is 11.4. The monoisotopic (exact) mass is 252 g/mol. The Labute approximate surface area is 104 Å². The number of aliphatic carboxylic acids is 1. The van der Waals surface area contributed by atoms with Gasteiger partial charge in [0.25, 0.3) is 0 Å². The predicted octanol–water partition coefficient (Wildman–Crippen LogP) is 2.78. The molecule has 90 valence electrons. The second-order valence-electron chi connectivity index (χ2n) is 4.96. The lowest BCUT2D eigenvalue weighted by Crippen LogP contribution is -2.20. The number of fused-ring (bicyclic) bond motifs is 1. The van der Waals surface area contributed by atoms with Crippen molar-refractivity contribution in [2.24, 2.45) is 0 Å². The second-order valence-corrected chi connectivity index (χ2v) is 5.40. The largest absolute Gasteiger partial charge is 0.490 e. The van der Waals surface area contributed by atoms with Crippen LogP contribution in [0, 0.1) is 0 Å². The SMILES string of the molecule is CC1Cc2cc(Cl)cc(C3(C(=O)O)CC3)c2O1. The minimum absolute atomic E-state index is 0.104. The molecule has 1 aromatic carbocycles. The highest BCUT2D eigenvalue weighted by molar-refractivity contribution is 6.30. The molecule has 2 aliphatic rings. The lowest BCUT2D eigenvalue weighted by Gasteiger charge is -2.15. The number of rotatable bonds is 2. The average molecular weight is 253 g/mol. The van der Waals surface area contributed by atoms with E-state index >= 15 is 0 Å². The number of hydrogen-bond acceptors (Lipinski definition) is 2. The highest BCUT2D eigenvalue weighted by Crippen LogP contribution is 2.54. The van der Waals surface area contributed by atoms with Gasteiger partial charge in [-0.1, -0.05) is 11.6 Å². The van der Waals surface area contributed by atoms with E-state index in [2.05, 4.69) is 0 Å². The van der Waals surface area contributed by atoms with Crippen LogP contribution in [-0.4, -0.2) is 17.2 Å². The van der Waals surface area contributed by atoms with Crippen LogP contribution in [0.3, 0.4) is 0 Å². The molecule has 4 heteroatoms. The molecule has 1 saturated carbocycles. The van der Waals surface area contributed by atoms with Gasteiger partial charge in [0.2, 0.25) is 0 Å². The highest BCUT2D eigenvalue weighted by Gasteiger charge is 2.54. The van der Waals surface area contributed by atoms with Gasteiger partial charge in [0.15, 0.2) is 0 Å². The Kier molecular flexibility index (Phi) is 2.17. The number of hydrogen-bond donors (Lipinski definition) is 1. The van der Waals surface area contributed by atoms with Crippen LogP contribution < -0.4 is 4.74 Å². The minimum Gasteiger partial charge on any atom is -0.490 e. The third-order valence-corrected chi connectivity index (χ3v) is 3.85. The highest BCUT2D eigenvalue weighted by atomic mass is 35.5. The van der Waals surface area contributed by atoms with E-state index in [1.807, 2.05) is 13.0 Å². The number of benzene rings is 1. The summed E-state index contributed by atoms with van der Waals surface area (Å²) < 4.78 is 5.75. The topological polar surface area (TPSA) is 46.5 Å². The predicted molar refractivity (Wildman–Crippen MR) is 63.8 cm³/mol. The molecular formula is C13H13ClO3.